The molecule has 0 bridgehead atoms. The maximum Gasteiger partial charge on any atom is 0.269 e. The van der Waals surface area contributed by atoms with Crippen LogP contribution in [0.4, 0.5) is 10.1 Å². The SMILES string of the molecule is C=C/C(=C\c1c(C(N)=O)nn(CC(=O)N2CC(F)CC2C(=O)Nc2ccc(=O)[nH]c2)c1C)c1ccnnc1. The molecule has 1 saturated heterocycles. The molecule has 0 saturated carbocycles. The number of rotatable bonds is 8. The van der Waals surface area contributed by atoms with Gasteiger partial charge in [0.05, 0.1) is 24.6 Å². The summed E-state index contributed by atoms with van der Waals surface area (Å²) in [5.74, 6) is -1.96. The Hall–Kier alpha value is -4.94. The molecule has 3 aromatic heterocycles. The van der Waals surface area contributed by atoms with E-state index in [4.69, 9.17) is 5.73 Å². The van der Waals surface area contributed by atoms with Gasteiger partial charge in [0.15, 0.2) is 5.69 Å². The van der Waals surface area contributed by atoms with Crippen LogP contribution in [-0.4, -0.2) is 66.3 Å². The molecule has 2 unspecified atom stereocenters. The fourth-order valence-electron chi connectivity index (χ4n) is 4.19. The first-order valence-corrected chi connectivity index (χ1v) is 11.6. The van der Waals surface area contributed by atoms with E-state index in [1.807, 2.05) is 0 Å². The lowest BCUT2D eigenvalue weighted by Crippen LogP contribution is -2.44. The number of pyridine rings is 1. The number of hydrogen-bond donors (Lipinski definition) is 3. The Kier molecular flexibility index (Phi) is 7.55. The first-order chi connectivity index (χ1) is 18.2. The predicted molar refractivity (Wildman–Crippen MR) is 136 cm³/mol. The van der Waals surface area contributed by atoms with Crippen molar-refractivity contribution < 1.29 is 18.8 Å². The zero-order valence-electron chi connectivity index (χ0n) is 20.4. The van der Waals surface area contributed by atoms with Crippen molar-refractivity contribution in [1.82, 2.24) is 29.9 Å². The van der Waals surface area contributed by atoms with Gasteiger partial charge in [-0.05, 0) is 30.7 Å². The number of nitrogens with one attached hydrogen (secondary N) is 2. The molecule has 0 aliphatic carbocycles. The number of carbonyl (C=O) groups is 3. The summed E-state index contributed by atoms with van der Waals surface area (Å²) in [7, 11) is 0. The molecular formula is C25H25FN8O4. The van der Waals surface area contributed by atoms with E-state index in [1.165, 1.54) is 35.4 Å². The Morgan fingerprint density at radius 2 is 2.08 bits per heavy atom. The number of allylic oxidation sites excluding steroid dienone is 2. The Balaban J connectivity index is 1.59. The number of aromatic nitrogens is 5. The Morgan fingerprint density at radius 1 is 1.29 bits per heavy atom. The number of hydrogen-bond acceptors (Lipinski definition) is 7. The van der Waals surface area contributed by atoms with Gasteiger partial charge in [-0.3, -0.25) is 23.9 Å². The number of H-pyrrole nitrogens is 1. The molecule has 3 amide bonds. The number of anilines is 1. The van der Waals surface area contributed by atoms with E-state index >= 15 is 0 Å². The topological polar surface area (TPSA) is 169 Å². The summed E-state index contributed by atoms with van der Waals surface area (Å²) in [4.78, 5) is 53.0. The van der Waals surface area contributed by atoms with Gasteiger partial charge in [0.2, 0.25) is 17.4 Å². The van der Waals surface area contributed by atoms with E-state index in [-0.39, 0.29) is 30.8 Å². The summed E-state index contributed by atoms with van der Waals surface area (Å²) in [6.07, 6.45) is 5.99. The van der Waals surface area contributed by atoms with Crippen LogP contribution in [-0.2, 0) is 16.1 Å². The van der Waals surface area contributed by atoms with Crippen LogP contribution in [0.1, 0.15) is 33.7 Å². The van der Waals surface area contributed by atoms with Gasteiger partial charge in [-0.1, -0.05) is 12.7 Å². The highest BCUT2D eigenvalue weighted by Gasteiger charge is 2.40. The molecule has 0 aromatic carbocycles. The highest BCUT2D eigenvalue weighted by Crippen LogP contribution is 2.25. The lowest BCUT2D eigenvalue weighted by atomic mass is 10.0. The van der Waals surface area contributed by atoms with Crippen LogP contribution < -0.4 is 16.6 Å². The van der Waals surface area contributed by atoms with Crippen LogP contribution in [0.15, 0.2) is 54.2 Å². The minimum Gasteiger partial charge on any atom is -0.364 e. The molecule has 0 radical (unpaired) electrons. The van der Waals surface area contributed by atoms with E-state index in [1.54, 1.807) is 25.1 Å². The van der Waals surface area contributed by atoms with Crippen molar-refractivity contribution in [2.45, 2.75) is 32.1 Å². The van der Waals surface area contributed by atoms with Gasteiger partial charge >= 0.3 is 0 Å². The summed E-state index contributed by atoms with van der Waals surface area (Å²) >= 11 is 0. The summed E-state index contributed by atoms with van der Waals surface area (Å²) in [6.45, 7) is 4.84. The van der Waals surface area contributed by atoms with Gasteiger partial charge < -0.3 is 20.9 Å². The Bertz CT molecular complexity index is 1460. The van der Waals surface area contributed by atoms with Gasteiger partial charge in [0, 0.05) is 35.5 Å². The van der Waals surface area contributed by atoms with E-state index in [9.17, 15) is 23.6 Å². The second-order valence-electron chi connectivity index (χ2n) is 8.63. The molecule has 1 aliphatic rings. The zero-order valence-corrected chi connectivity index (χ0v) is 20.4. The smallest absolute Gasteiger partial charge is 0.269 e. The number of aromatic amines is 1. The fraction of sp³-hybridized carbons (Fsp3) is 0.240. The first kappa shape index (κ1) is 26.1. The third kappa shape index (κ3) is 5.56. The number of alkyl halides is 1. The average Bonchev–Trinajstić information content (AvgIpc) is 3.44. The molecule has 4 rings (SSSR count). The zero-order chi connectivity index (χ0) is 27.4. The average molecular weight is 521 g/mol. The van der Waals surface area contributed by atoms with Crippen LogP contribution in [0.5, 0.6) is 0 Å². The number of nitrogens with zero attached hydrogens (tertiary/aromatic N) is 5. The molecule has 0 spiro atoms. The van der Waals surface area contributed by atoms with Crippen LogP contribution in [0, 0.1) is 6.92 Å². The van der Waals surface area contributed by atoms with Crippen LogP contribution in [0.3, 0.4) is 0 Å². The third-order valence-corrected chi connectivity index (χ3v) is 6.13. The summed E-state index contributed by atoms with van der Waals surface area (Å²) in [5.41, 5.74) is 7.60. The summed E-state index contributed by atoms with van der Waals surface area (Å²) in [6, 6.07) is 3.28. The minimum atomic E-state index is -1.40. The van der Waals surface area contributed by atoms with Crippen LogP contribution >= 0.6 is 0 Å². The molecule has 38 heavy (non-hydrogen) atoms. The Labute approximate surface area is 216 Å². The third-order valence-electron chi connectivity index (χ3n) is 6.13. The van der Waals surface area contributed by atoms with Gasteiger partial charge in [0.1, 0.15) is 18.8 Å². The number of halogens is 1. The van der Waals surface area contributed by atoms with Crippen molar-refractivity contribution in [1.29, 1.82) is 0 Å². The van der Waals surface area contributed by atoms with Crippen molar-refractivity contribution in [2.24, 2.45) is 5.73 Å². The molecule has 3 aromatic rings. The number of primary amides is 1. The van der Waals surface area contributed by atoms with E-state index in [2.05, 4.69) is 32.2 Å². The van der Waals surface area contributed by atoms with Crippen LogP contribution in [0.25, 0.3) is 11.6 Å². The highest BCUT2D eigenvalue weighted by atomic mass is 19.1. The quantitative estimate of drug-likeness (QED) is 0.373. The largest absolute Gasteiger partial charge is 0.364 e. The normalized spacial score (nSPS) is 17.3. The van der Waals surface area contributed by atoms with Crippen LogP contribution in [0.2, 0.25) is 0 Å². The number of amides is 3. The standard InChI is InChI=1S/C25H25FN8O4/c1-3-15(16-6-7-29-30-10-16)8-19-14(2)34(32-23(19)24(27)37)13-22(36)33-12-17(26)9-20(33)25(38)31-18-4-5-21(35)28-11-18/h3-8,10-11,17,20H,1,9,12-13H2,2H3,(H2,27,37)(H,28,35)(H,31,38)/b15-8+. The molecule has 196 valence electrons. The molecular weight excluding hydrogens is 495 g/mol. The van der Waals surface area contributed by atoms with Crippen molar-refractivity contribution in [3.8, 4) is 0 Å². The lowest BCUT2D eigenvalue weighted by Gasteiger charge is -2.23. The summed E-state index contributed by atoms with van der Waals surface area (Å²) < 4.78 is 15.6. The van der Waals surface area contributed by atoms with E-state index in [0.717, 1.165) is 4.90 Å². The molecule has 1 aliphatic heterocycles. The first-order valence-electron chi connectivity index (χ1n) is 11.6. The second-order valence-corrected chi connectivity index (χ2v) is 8.63. The van der Waals surface area contributed by atoms with Crippen molar-refractivity contribution in [3.05, 3.63) is 82.3 Å². The summed E-state index contributed by atoms with van der Waals surface area (Å²) in [5, 5.41) is 14.4. The van der Waals surface area contributed by atoms with E-state index < -0.39 is 29.9 Å². The molecule has 2 atom stereocenters. The van der Waals surface area contributed by atoms with Crippen molar-refractivity contribution in [3.63, 3.8) is 0 Å². The highest BCUT2D eigenvalue weighted by molar-refractivity contribution is 5.99. The Morgan fingerprint density at radius 3 is 2.71 bits per heavy atom. The van der Waals surface area contributed by atoms with Crippen molar-refractivity contribution in [2.75, 3.05) is 11.9 Å². The van der Waals surface area contributed by atoms with Gasteiger partial charge in [-0.15, -0.1) is 0 Å². The maximum absolute atomic E-state index is 14.3. The predicted octanol–water partition coefficient (Wildman–Crippen LogP) is 1.07. The molecule has 4 N–H and O–H groups in total. The van der Waals surface area contributed by atoms with Gasteiger partial charge in [-0.2, -0.15) is 15.3 Å². The minimum absolute atomic E-state index is 0.0613. The second kappa shape index (κ2) is 11.0. The van der Waals surface area contributed by atoms with Gasteiger partial charge in [-0.25, -0.2) is 4.39 Å². The number of nitrogens with two attached hydrogens (primary N) is 1. The monoisotopic (exact) mass is 520 g/mol. The maximum atomic E-state index is 14.3. The van der Waals surface area contributed by atoms with Crippen molar-refractivity contribution >= 4 is 35.1 Å². The fourth-order valence-corrected chi connectivity index (χ4v) is 4.19. The molecule has 4 heterocycles. The lowest BCUT2D eigenvalue weighted by molar-refractivity contribution is -0.137. The van der Waals surface area contributed by atoms with Gasteiger partial charge in [0.25, 0.3) is 5.91 Å². The number of carbonyl (C=O) groups excluding carboxylic acids is 3. The van der Waals surface area contributed by atoms with E-state index in [0.29, 0.717) is 28.1 Å². The molecule has 12 nitrogen and oxygen atoms in total. The molecule has 1 fully saturated rings. The molecule has 13 heteroatoms. The number of likely N-dealkylation sites (tertiary alicyclic amines) is 1.